The van der Waals surface area contributed by atoms with Gasteiger partial charge in [-0.3, -0.25) is 9.78 Å². The van der Waals surface area contributed by atoms with Crippen LogP contribution in [0.5, 0.6) is 0 Å². The second-order valence-electron chi connectivity index (χ2n) is 6.31. The Bertz CT molecular complexity index is 870. The number of aryl methyl sites for hydroxylation is 2. The minimum absolute atomic E-state index is 0.0143. The molecule has 5 nitrogen and oxygen atoms in total. The molecule has 6 heteroatoms. The standard InChI is InChI=1S/C17H20N2O3S/c1-11-3-4-14-15(8-12(2)19-16(14)7-11)17(20)18-9-13-5-6-23(21,22)10-13/h3-4,7-8,13H,5-6,9-10H2,1-2H3,(H,18,20)/t13-/m1/s1. The minimum Gasteiger partial charge on any atom is -0.352 e. The number of fused-ring (bicyclic) bond motifs is 1. The zero-order valence-corrected chi connectivity index (χ0v) is 14.1. The Morgan fingerprint density at radius 2 is 2.09 bits per heavy atom. The maximum Gasteiger partial charge on any atom is 0.252 e. The lowest BCUT2D eigenvalue weighted by Crippen LogP contribution is -2.30. The second-order valence-corrected chi connectivity index (χ2v) is 8.54. The van der Waals surface area contributed by atoms with Crippen LogP contribution < -0.4 is 5.32 Å². The van der Waals surface area contributed by atoms with Crippen molar-refractivity contribution in [3.8, 4) is 0 Å². The van der Waals surface area contributed by atoms with Crippen LogP contribution in [0.2, 0.25) is 0 Å². The van der Waals surface area contributed by atoms with Gasteiger partial charge in [0, 0.05) is 17.6 Å². The fraction of sp³-hybridized carbons (Fsp3) is 0.412. The van der Waals surface area contributed by atoms with Gasteiger partial charge in [0.15, 0.2) is 9.84 Å². The number of benzene rings is 1. The zero-order chi connectivity index (χ0) is 16.6. The first kappa shape index (κ1) is 15.9. The Labute approximate surface area is 136 Å². The molecule has 1 atom stereocenters. The summed E-state index contributed by atoms with van der Waals surface area (Å²) in [4.78, 5) is 17.0. The van der Waals surface area contributed by atoms with E-state index in [4.69, 9.17) is 0 Å². The van der Waals surface area contributed by atoms with E-state index in [-0.39, 0.29) is 23.3 Å². The van der Waals surface area contributed by atoms with Gasteiger partial charge in [-0.15, -0.1) is 0 Å². The molecule has 3 rings (SSSR count). The Balaban J connectivity index is 1.81. The van der Waals surface area contributed by atoms with Crippen molar-refractivity contribution in [3.63, 3.8) is 0 Å². The Hall–Kier alpha value is -1.95. The van der Waals surface area contributed by atoms with E-state index >= 15 is 0 Å². The van der Waals surface area contributed by atoms with Gasteiger partial charge >= 0.3 is 0 Å². The van der Waals surface area contributed by atoms with E-state index in [0.717, 1.165) is 22.2 Å². The van der Waals surface area contributed by atoms with E-state index in [1.165, 1.54) is 0 Å². The largest absolute Gasteiger partial charge is 0.352 e. The molecule has 0 unspecified atom stereocenters. The highest BCUT2D eigenvalue weighted by Gasteiger charge is 2.28. The molecule has 1 amide bonds. The lowest BCUT2D eigenvalue weighted by Gasteiger charge is -2.12. The molecule has 1 N–H and O–H groups in total. The number of rotatable bonds is 3. The number of pyridine rings is 1. The average molecular weight is 332 g/mol. The highest BCUT2D eigenvalue weighted by atomic mass is 32.2. The quantitative estimate of drug-likeness (QED) is 0.933. The van der Waals surface area contributed by atoms with E-state index in [1.54, 1.807) is 6.07 Å². The highest BCUT2D eigenvalue weighted by molar-refractivity contribution is 7.91. The molecule has 1 aromatic carbocycles. The zero-order valence-electron chi connectivity index (χ0n) is 13.3. The molecule has 0 spiro atoms. The van der Waals surface area contributed by atoms with Crippen molar-refractivity contribution in [1.29, 1.82) is 0 Å². The normalized spacial score (nSPS) is 19.8. The third-order valence-electron chi connectivity index (χ3n) is 4.22. The number of amides is 1. The van der Waals surface area contributed by atoms with Crippen LogP contribution in [0.25, 0.3) is 10.9 Å². The SMILES string of the molecule is Cc1ccc2c(C(=O)NC[C@H]3CCS(=O)(=O)C3)cc(C)nc2c1. The van der Waals surface area contributed by atoms with Gasteiger partial charge in [0.2, 0.25) is 0 Å². The number of sulfone groups is 1. The molecule has 0 radical (unpaired) electrons. The fourth-order valence-electron chi connectivity index (χ4n) is 3.02. The predicted octanol–water partition coefficient (Wildman–Crippen LogP) is 2.02. The number of hydrogen-bond donors (Lipinski definition) is 1. The Morgan fingerprint density at radius 1 is 1.30 bits per heavy atom. The molecule has 1 fully saturated rings. The van der Waals surface area contributed by atoms with E-state index in [2.05, 4.69) is 10.3 Å². The van der Waals surface area contributed by atoms with Gasteiger partial charge in [-0.2, -0.15) is 0 Å². The molecule has 122 valence electrons. The van der Waals surface area contributed by atoms with Gasteiger partial charge in [0.1, 0.15) is 0 Å². The summed E-state index contributed by atoms with van der Waals surface area (Å²) in [6.07, 6.45) is 0.623. The number of aromatic nitrogens is 1. The summed E-state index contributed by atoms with van der Waals surface area (Å²) in [6.45, 7) is 4.25. The minimum atomic E-state index is -2.92. The molecule has 0 bridgehead atoms. The Morgan fingerprint density at radius 3 is 2.78 bits per heavy atom. The van der Waals surface area contributed by atoms with Gasteiger partial charge in [-0.25, -0.2) is 8.42 Å². The topological polar surface area (TPSA) is 76.1 Å². The van der Waals surface area contributed by atoms with E-state index in [1.807, 2.05) is 32.0 Å². The van der Waals surface area contributed by atoms with Gasteiger partial charge in [0.05, 0.1) is 22.6 Å². The van der Waals surface area contributed by atoms with Gasteiger partial charge in [0.25, 0.3) is 5.91 Å². The van der Waals surface area contributed by atoms with Crippen LogP contribution in [0.4, 0.5) is 0 Å². The maximum atomic E-state index is 12.5. The van der Waals surface area contributed by atoms with Crippen molar-refractivity contribution < 1.29 is 13.2 Å². The predicted molar refractivity (Wildman–Crippen MR) is 90.3 cm³/mol. The molecular weight excluding hydrogens is 312 g/mol. The monoisotopic (exact) mass is 332 g/mol. The molecule has 0 aliphatic carbocycles. The number of nitrogens with zero attached hydrogens (tertiary/aromatic N) is 1. The van der Waals surface area contributed by atoms with Crippen LogP contribution in [-0.4, -0.2) is 37.4 Å². The van der Waals surface area contributed by atoms with E-state index in [0.29, 0.717) is 18.5 Å². The molecule has 1 aromatic heterocycles. The average Bonchev–Trinajstić information content (AvgIpc) is 2.82. The van der Waals surface area contributed by atoms with Crippen molar-refractivity contribution >= 4 is 26.6 Å². The third-order valence-corrected chi connectivity index (χ3v) is 6.05. The van der Waals surface area contributed by atoms with Crippen molar-refractivity contribution in [2.24, 2.45) is 5.92 Å². The molecule has 1 saturated heterocycles. The molecule has 1 aliphatic heterocycles. The lowest BCUT2D eigenvalue weighted by molar-refractivity contribution is 0.0950. The van der Waals surface area contributed by atoms with Crippen LogP contribution in [0.1, 0.15) is 28.0 Å². The summed E-state index contributed by atoms with van der Waals surface area (Å²) in [7, 11) is -2.92. The van der Waals surface area contributed by atoms with Gasteiger partial charge in [-0.1, -0.05) is 12.1 Å². The van der Waals surface area contributed by atoms with Crippen molar-refractivity contribution in [3.05, 3.63) is 41.1 Å². The number of hydrogen-bond acceptors (Lipinski definition) is 4. The Kier molecular flexibility index (Phi) is 4.10. The molecule has 1 aliphatic rings. The molecule has 0 saturated carbocycles. The van der Waals surface area contributed by atoms with Gasteiger partial charge in [-0.05, 0) is 43.9 Å². The van der Waals surface area contributed by atoms with Crippen LogP contribution in [0.3, 0.4) is 0 Å². The number of carbonyl (C=O) groups excluding carboxylic acids is 1. The first-order chi connectivity index (χ1) is 10.8. The van der Waals surface area contributed by atoms with Crippen molar-refractivity contribution in [2.45, 2.75) is 20.3 Å². The number of carbonyl (C=O) groups is 1. The highest BCUT2D eigenvalue weighted by Crippen LogP contribution is 2.21. The molecule has 2 aromatic rings. The van der Waals surface area contributed by atoms with Crippen LogP contribution >= 0.6 is 0 Å². The van der Waals surface area contributed by atoms with Crippen LogP contribution in [0.15, 0.2) is 24.3 Å². The maximum absolute atomic E-state index is 12.5. The molecule has 23 heavy (non-hydrogen) atoms. The van der Waals surface area contributed by atoms with Gasteiger partial charge < -0.3 is 5.32 Å². The summed E-state index contributed by atoms with van der Waals surface area (Å²) < 4.78 is 23.0. The molecule has 2 heterocycles. The second kappa shape index (κ2) is 5.92. The molecular formula is C17H20N2O3S. The van der Waals surface area contributed by atoms with Crippen molar-refractivity contribution in [1.82, 2.24) is 10.3 Å². The van der Waals surface area contributed by atoms with Crippen LogP contribution in [0, 0.1) is 19.8 Å². The van der Waals surface area contributed by atoms with E-state index < -0.39 is 9.84 Å². The summed E-state index contributed by atoms with van der Waals surface area (Å²) >= 11 is 0. The third kappa shape index (κ3) is 3.52. The fourth-order valence-corrected chi connectivity index (χ4v) is 4.89. The summed E-state index contributed by atoms with van der Waals surface area (Å²) in [6, 6.07) is 7.60. The first-order valence-corrected chi connectivity index (χ1v) is 9.53. The first-order valence-electron chi connectivity index (χ1n) is 7.71. The smallest absolute Gasteiger partial charge is 0.252 e. The summed E-state index contributed by atoms with van der Waals surface area (Å²) in [5.41, 5.74) is 3.28. The van der Waals surface area contributed by atoms with Crippen molar-refractivity contribution in [2.75, 3.05) is 18.1 Å². The lowest BCUT2D eigenvalue weighted by atomic mass is 10.0. The summed E-state index contributed by atoms with van der Waals surface area (Å²) in [5, 5.41) is 3.70. The summed E-state index contributed by atoms with van der Waals surface area (Å²) in [5.74, 6) is 0.237. The van der Waals surface area contributed by atoms with E-state index in [9.17, 15) is 13.2 Å². The van der Waals surface area contributed by atoms with Crippen LogP contribution in [-0.2, 0) is 9.84 Å². The number of nitrogens with one attached hydrogen (secondary N) is 1.